The van der Waals surface area contributed by atoms with E-state index in [1.54, 1.807) is 6.20 Å². The van der Waals surface area contributed by atoms with E-state index in [-0.39, 0.29) is 6.04 Å². The largest absolute Gasteiger partial charge is 0.494 e. The highest BCUT2D eigenvalue weighted by atomic mass is 16.5. The Morgan fingerprint density at radius 1 is 1.22 bits per heavy atom. The first kappa shape index (κ1) is 12.5. The van der Waals surface area contributed by atoms with Gasteiger partial charge in [0.25, 0.3) is 0 Å². The minimum absolute atomic E-state index is 0.172. The predicted molar refractivity (Wildman–Crippen MR) is 71.0 cm³/mol. The lowest BCUT2D eigenvalue weighted by molar-refractivity contribution is 0.333. The number of nitrogens with one attached hydrogen (secondary N) is 1. The lowest BCUT2D eigenvalue weighted by Crippen LogP contribution is -2.29. The van der Waals surface area contributed by atoms with Crippen molar-refractivity contribution in [2.45, 2.75) is 13.0 Å². The zero-order chi connectivity index (χ0) is 12.8. The number of benzene rings is 1. The lowest BCUT2D eigenvalue weighted by Gasteiger charge is -2.19. The van der Waals surface area contributed by atoms with E-state index in [0.717, 1.165) is 17.0 Å². The van der Waals surface area contributed by atoms with Gasteiger partial charge in [-0.15, -0.1) is 0 Å². The molecule has 1 unspecified atom stereocenters. The van der Waals surface area contributed by atoms with Crippen LogP contribution in [0.15, 0.2) is 48.7 Å². The lowest BCUT2D eigenvalue weighted by atomic mass is 10.0. The number of hydrazine groups is 1. The number of ether oxygens (including phenoxy) is 1. The normalized spacial score (nSPS) is 12.1. The Bertz CT molecular complexity index is 487. The Morgan fingerprint density at radius 3 is 2.67 bits per heavy atom. The van der Waals surface area contributed by atoms with Gasteiger partial charge in [0.1, 0.15) is 5.75 Å². The molecule has 0 saturated heterocycles. The van der Waals surface area contributed by atoms with E-state index in [1.165, 1.54) is 0 Å². The fourth-order valence-corrected chi connectivity index (χ4v) is 1.89. The van der Waals surface area contributed by atoms with Gasteiger partial charge in [0, 0.05) is 11.8 Å². The third kappa shape index (κ3) is 2.67. The van der Waals surface area contributed by atoms with Gasteiger partial charge < -0.3 is 4.74 Å². The maximum Gasteiger partial charge on any atom is 0.124 e. The smallest absolute Gasteiger partial charge is 0.124 e. The van der Waals surface area contributed by atoms with Crippen LogP contribution in [0.5, 0.6) is 5.75 Å². The summed E-state index contributed by atoms with van der Waals surface area (Å²) in [5, 5.41) is 0. The number of hydrogen-bond donors (Lipinski definition) is 2. The molecule has 0 aliphatic heterocycles. The SMILES string of the molecule is CCOc1ccccc1C(NN)c1ccccn1. The van der Waals surface area contributed by atoms with Crippen LogP contribution in [0.25, 0.3) is 0 Å². The molecule has 0 amide bonds. The zero-order valence-electron chi connectivity index (χ0n) is 10.3. The molecule has 0 aliphatic carbocycles. The standard InChI is InChI=1S/C14H17N3O/c1-2-18-13-9-4-3-7-11(13)14(17-15)12-8-5-6-10-16-12/h3-10,14,17H,2,15H2,1H3. The molecule has 4 heteroatoms. The molecule has 1 aromatic carbocycles. The third-order valence-corrected chi connectivity index (χ3v) is 2.68. The van der Waals surface area contributed by atoms with Gasteiger partial charge in [-0.1, -0.05) is 24.3 Å². The van der Waals surface area contributed by atoms with Gasteiger partial charge in [-0.2, -0.15) is 0 Å². The van der Waals surface area contributed by atoms with E-state index in [1.807, 2.05) is 49.4 Å². The Labute approximate surface area is 107 Å². The van der Waals surface area contributed by atoms with Crippen LogP contribution in [0.3, 0.4) is 0 Å². The molecule has 1 atom stereocenters. The Kier molecular flexibility index (Phi) is 4.28. The van der Waals surface area contributed by atoms with E-state index >= 15 is 0 Å². The molecule has 0 aliphatic rings. The topological polar surface area (TPSA) is 60.2 Å². The summed E-state index contributed by atoms with van der Waals surface area (Å²) in [6.07, 6.45) is 1.75. The molecule has 0 bridgehead atoms. The molecule has 0 fully saturated rings. The van der Waals surface area contributed by atoms with Crippen LogP contribution in [0, 0.1) is 0 Å². The number of rotatable bonds is 5. The molecule has 2 aromatic rings. The van der Waals surface area contributed by atoms with E-state index < -0.39 is 0 Å². The minimum Gasteiger partial charge on any atom is -0.494 e. The van der Waals surface area contributed by atoms with Crippen LogP contribution in [0.4, 0.5) is 0 Å². The number of para-hydroxylation sites is 1. The summed E-state index contributed by atoms with van der Waals surface area (Å²) < 4.78 is 5.62. The van der Waals surface area contributed by atoms with Crippen LogP contribution in [-0.2, 0) is 0 Å². The van der Waals surface area contributed by atoms with Crippen molar-refractivity contribution in [3.8, 4) is 5.75 Å². The molecule has 0 saturated carbocycles. The van der Waals surface area contributed by atoms with Crippen LogP contribution in [0.1, 0.15) is 24.2 Å². The van der Waals surface area contributed by atoms with Crippen molar-refractivity contribution in [2.24, 2.45) is 5.84 Å². The van der Waals surface area contributed by atoms with Crippen LogP contribution in [-0.4, -0.2) is 11.6 Å². The number of nitrogens with zero attached hydrogens (tertiary/aromatic N) is 1. The van der Waals surface area contributed by atoms with Crippen molar-refractivity contribution in [1.82, 2.24) is 10.4 Å². The molecule has 4 nitrogen and oxygen atoms in total. The molecule has 0 spiro atoms. The fourth-order valence-electron chi connectivity index (χ4n) is 1.89. The third-order valence-electron chi connectivity index (χ3n) is 2.68. The quantitative estimate of drug-likeness (QED) is 0.623. The van der Waals surface area contributed by atoms with E-state index in [2.05, 4.69) is 10.4 Å². The van der Waals surface area contributed by atoms with Gasteiger partial charge in [0.15, 0.2) is 0 Å². The number of nitrogens with two attached hydrogens (primary N) is 1. The van der Waals surface area contributed by atoms with Gasteiger partial charge >= 0.3 is 0 Å². The summed E-state index contributed by atoms with van der Waals surface area (Å²) in [5.41, 5.74) is 4.65. The van der Waals surface area contributed by atoms with Gasteiger partial charge in [-0.05, 0) is 25.1 Å². The number of pyridine rings is 1. The van der Waals surface area contributed by atoms with Crippen molar-refractivity contribution in [3.05, 3.63) is 59.9 Å². The molecule has 2 rings (SSSR count). The second kappa shape index (κ2) is 6.14. The van der Waals surface area contributed by atoms with Crippen LogP contribution in [0.2, 0.25) is 0 Å². The van der Waals surface area contributed by atoms with Gasteiger partial charge in [0.2, 0.25) is 0 Å². The summed E-state index contributed by atoms with van der Waals surface area (Å²) >= 11 is 0. The highest BCUT2D eigenvalue weighted by Crippen LogP contribution is 2.28. The summed E-state index contributed by atoms with van der Waals surface area (Å²) in [5.74, 6) is 6.48. The molecule has 1 aromatic heterocycles. The van der Waals surface area contributed by atoms with Crippen molar-refractivity contribution in [2.75, 3.05) is 6.61 Å². The first-order valence-corrected chi connectivity index (χ1v) is 5.95. The highest BCUT2D eigenvalue weighted by molar-refractivity contribution is 5.39. The second-order valence-electron chi connectivity index (χ2n) is 3.83. The van der Waals surface area contributed by atoms with Crippen molar-refractivity contribution in [1.29, 1.82) is 0 Å². The zero-order valence-corrected chi connectivity index (χ0v) is 10.3. The summed E-state index contributed by atoms with van der Waals surface area (Å²) in [4.78, 5) is 4.33. The van der Waals surface area contributed by atoms with Crippen molar-refractivity contribution >= 4 is 0 Å². The van der Waals surface area contributed by atoms with Gasteiger partial charge in [-0.25, -0.2) is 5.43 Å². The summed E-state index contributed by atoms with van der Waals surface area (Å²) in [6, 6.07) is 13.4. The first-order valence-electron chi connectivity index (χ1n) is 5.95. The maximum atomic E-state index is 5.66. The van der Waals surface area contributed by atoms with Gasteiger partial charge in [0.05, 0.1) is 18.3 Å². The molecule has 18 heavy (non-hydrogen) atoms. The average molecular weight is 243 g/mol. The molecule has 1 heterocycles. The molecular formula is C14H17N3O. The van der Waals surface area contributed by atoms with E-state index in [4.69, 9.17) is 10.6 Å². The Balaban J connectivity index is 2.39. The summed E-state index contributed by atoms with van der Waals surface area (Å²) in [7, 11) is 0. The van der Waals surface area contributed by atoms with Crippen molar-refractivity contribution < 1.29 is 4.74 Å². The van der Waals surface area contributed by atoms with Crippen LogP contribution < -0.4 is 16.0 Å². The van der Waals surface area contributed by atoms with E-state index in [9.17, 15) is 0 Å². The summed E-state index contributed by atoms with van der Waals surface area (Å²) in [6.45, 7) is 2.58. The van der Waals surface area contributed by atoms with Gasteiger partial charge in [-0.3, -0.25) is 10.8 Å². The Hall–Kier alpha value is -1.91. The molecule has 94 valence electrons. The predicted octanol–water partition coefficient (Wildman–Crippen LogP) is 2.03. The van der Waals surface area contributed by atoms with E-state index in [0.29, 0.717) is 6.61 Å². The Morgan fingerprint density at radius 2 is 2.00 bits per heavy atom. The van der Waals surface area contributed by atoms with Crippen molar-refractivity contribution in [3.63, 3.8) is 0 Å². The average Bonchev–Trinajstić information content (AvgIpc) is 2.43. The molecule has 3 N–H and O–H groups in total. The van der Waals surface area contributed by atoms with Crippen LogP contribution >= 0.6 is 0 Å². The monoisotopic (exact) mass is 243 g/mol. The first-order chi connectivity index (χ1) is 8.86. The highest BCUT2D eigenvalue weighted by Gasteiger charge is 2.17. The number of aromatic nitrogens is 1. The fraction of sp³-hybridized carbons (Fsp3) is 0.214. The second-order valence-corrected chi connectivity index (χ2v) is 3.83. The number of hydrogen-bond acceptors (Lipinski definition) is 4. The minimum atomic E-state index is -0.172. The molecule has 0 radical (unpaired) electrons. The maximum absolute atomic E-state index is 5.66. The molecular weight excluding hydrogens is 226 g/mol.